The molecule has 0 fully saturated rings. The van der Waals surface area contributed by atoms with E-state index in [0.717, 1.165) is 11.8 Å². The van der Waals surface area contributed by atoms with Crippen LogP contribution >= 0.6 is 23.1 Å². The molecule has 87 heavy (non-hydrogen) atoms. The fourth-order valence-corrected chi connectivity index (χ4v) is 14.8. The smallest absolute Gasteiger partial charge is 0.299 e. The SMILES string of the molecule is COc1cc(N=Nc2cc(OCCCS(=O)(=O)O)c(N=Nc3c(C)c(C#N)c4nc5c(n4c3O)C=CCC5)cc2C)c(SCCCS(=O)(=O)O)cc1N=Nc1nc2c(S(=O)(=O)O)cc3c(OCCCS(=O)(=O)O)c(S(=O)(=O)O)c(S(=O)(=O)O)cc3c2s1. The second kappa shape index (κ2) is 25.5. The van der Waals surface area contributed by atoms with E-state index in [9.17, 15) is 88.2 Å². The Labute approximate surface area is 502 Å². The minimum Gasteiger partial charge on any atom is -0.494 e. The molecule has 0 amide bonds. The molecule has 3 aromatic heterocycles. The molecule has 0 atom stereocenters. The van der Waals surface area contributed by atoms with Crippen LogP contribution in [0.3, 0.4) is 0 Å². The van der Waals surface area contributed by atoms with E-state index in [1.165, 1.54) is 35.8 Å². The molecular weight excluding hydrogens is 1310 g/mol. The maximum absolute atomic E-state index is 12.9. The van der Waals surface area contributed by atoms with Crippen molar-refractivity contribution in [3.8, 4) is 29.2 Å². The lowest BCUT2D eigenvalue weighted by Crippen LogP contribution is -2.14. The van der Waals surface area contributed by atoms with E-state index in [-0.39, 0.29) is 97.4 Å². The lowest BCUT2D eigenvalue weighted by Gasteiger charge is -2.16. The molecule has 1 aliphatic rings. The van der Waals surface area contributed by atoms with Crippen molar-refractivity contribution in [1.29, 1.82) is 5.26 Å². The van der Waals surface area contributed by atoms with E-state index >= 15 is 0 Å². The van der Waals surface area contributed by atoms with Crippen molar-refractivity contribution in [1.82, 2.24) is 14.4 Å². The van der Waals surface area contributed by atoms with E-state index in [1.54, 1.807) is 19.9 Å². The third-order valence-corrected chi connectivity index (χ3v) is 19.7. The van der Waals surface area contributed by atoms with E-state index in [1.807, 2.05) is 6.08 Å². The van der Waals surface area contributed by atoms with E-state index in [2.05, 4.69) is 46.7 Å². The molecule has 1 aliphatic carbocycles. The van der Waals surface area contributed by atoms with Gasteiger partial charge in [0.2, 0.25) is 11.0 Å². The van der Waals surface area contributed by atoms with Crippen LogP contribution in [0.15, 0.2) is 92.7 Å². The molecule has 464 valence electrons. The topological polar surface area (TPSA) is 502 Å². The lowest BCUT2D eigenvalue weighted by molar-refractivity contribution is 0.308. The van der Waals surface area contributed by atoms with Crippen LogP contribution in [0.25, 0.3) is 32.7 Å². The third-order valence-electron chi connectivity index (χ3n) is 12.4. The minimum absolute atomic E-state index is 0.0176. The molecule has 0 bridgehead atoms. The Balaban J connectivity index is 1.22. The van der Waals surface area contributed by atoms with Crippen molar-refractivity contribution in [3.63, 3.8) is 0 Å². The number of aromatic nitrogens is 3. The predicted molar refractivity (Wildman–Crippen MR) is 312 cm³/mol. The molecule has 3 heterocycles. The summed E-state index contributed by atoms with van der Waals surface area (Å²) in [4.78, 5) is 4.79. The number of aryl methyl sites for hydroxylation is 2. The van der Waals surface area contributed by atoms with Gasteiger partial charge in [-0.05, 0) is 87.6 Å². The van der Waals surface area contributed by atoms with Gasteiger partial charge in [0.1, 0.15) is 61.3 Å². The Hall–Kier alpha value is -7.24. The molecule has 0 spiro atoms. The van der Waals surface area contributed by atoms with Crippen molar-refractivity contribution in [2.24, 2.45) is 30.7 Å². The Bertz CT molecular complexity index is 4870. The van der Waals surface area contributed by atoms with Crippen LogP contribution in [0, 0.1) is 25.2 Å². The summed E-state index contributed by atoms with van der Waals surface area (Å²) >= 11 is 1.46. The number of rotatable bonds is 25. The van der Waals surface area contributed by atoms with Gasteiger partial charge in [-0.15, -0.1) is 37.3 Å². The second-order valence-corrected chi connectivity index (χ2v) is 29.6. The number of ether oxygens (including phenoxy) is 3. The first kappa shape index (κ1) is 65.7. The molecule has 32 nitrogen and oxygen atoms in total. The third kappa shape index (κ3) is 15.5. The Morgan fingerprint density at radius 3 is 1.89 bits per heavy atom. The molecule has 0 unspecified atom stereocenters. The van der Waals surface area contributed by atoms with Gasteiger partial charge in [0.25, 0.3) is 60.7 Å². The fourth-order valence-electron chi connectivity index (χ4n) is 8.59. The van der Waals surface area contributed by atoms with Crippen molar-refractivity contribution < 1.29 is 97.1 Å². The number of methoxy groups -OCH3 is 1. The zero-order chi connectivity index (χ0) is 63.8. The van der Waals surface area contributed by atoms with Gasteiger partial charge in [0.15, 0.2) is 16.2 Å². The number of nitrogens with zero attached hydrogens (tertiary/aromatic N) is 10. The average Bonchev–Trinajstić information content (AvgIpc) is 1.79. The number of benzene rings is 4. The molecule has 7 aromatic rings. The van der Waals surface area contributed by atoms with E-state index in [4.69, 9.17) is 14.2 Å². The molecule has 0 saturated carbocycles. The lowest BCUT2D eigenvalue weighted by atomic mass is 10.1. The summed E-state index contributed by atoms with van der Waals surface area (Å²) < 4.78 is 223. The van der Waals surface area contributed by atoms with E-state index in [0.29, 0.717) is 53.3 Å². The van der Waals surface area contributed by atoms with Crippen LogP contribution < -0.4 is 14.2 Å². The minimum atomic E-state index is -5.72. The summed E-state index contributed by atoms with van der Waals surface area (Å²) in [5.41, 5.74) is 1.59. The molecule has 0 saturated heterocycles. The van der Waals surface area contributed by atoms with Gasteiger partial charge in [0, 0.05) is 33.4 Å². The predicted octanol–water partition coefficient (Wildman–Crippen LogP) is 8.93. The molecule has 0 aliphatic heterocycles. The Kier molecular flexibility index (Phi) is 19.2. The number of aromatic hydroxyl groups is 1. The summed E-state index contributed by atoms with van der Waals surface area (Å²) in [7, 11) is -28.9. The first-order valence-corrected chi connectivity index (χ1v) is 35.6. The first-order valence-electron chi connectivity index (χ1n) is 24.6. The first-order chi connectivity index (χ1) is 40.6. The maximum atomic E-state index is 12.9. The van der Waals surface area contributed by atoms with Crippen LogP contribution in [-0.4, -0.2) is 141 Å². The summed E-state index contributed by atoms with van der Waals surface area (Å²) in [5.74, 6) is -3.89. The van der Waals surface area contributed by atoms with Crippen LogP contribution in [0.1, 0.15) is 53.8 Å². The highest BCUT2D eigenvalue weighted by molar-refractivity contribution is 7.99. The van der Waals surface area contributed by atoms with Gasteiger partial charge in [-0.3, -0.25) is 31.7 Å². The highest BCUT2D eigenvalue weighted by Gasteiger charge is 2.34. The second-order valence-electron chi connectivity index (χ2n) is 18.6. The molecule has 7 N–H and O–H groups in total. The number of hydrogen-bond acceptors (Lipinski definition) is 27. The maximum Gasteiger partial charge on any atom is 0.299 e. The largest absolute Gasteiger partial charge is 0.494 e. The number of allylic oxidation sites excluding steroid dienone is 1. The zero-order valence-electron chi connectivity index (χ0n) is 44.9. The normalized spacial score (nSPS) is 13.7. The van der Waals surface area contributed by atoms with Gasteiger partial charge in [-0.25, -0.2) is 9.97 Å². The fraction of sp³-hybridized carbons (Fsp3) is 0.298. The summed E-state index contributed by atoms with van der Waals surface area (Å²) in [6, 6.07) is 8.76. The number of hydrogen-bond donors (Lipinski definition) is 7. The Morgan fingerprint density at radius 2 is 1.26 bits per heavy atom. The number of thiazole rings is 1. The average molecular weight is 1360 g/mol. The van der Waals surface area contributed by atoms with Gasteiger partial charge in [0.05, 0.1) is 59.4 Å². The van der Waals surface area contributed by atoms with Gasteiger partial charge in [-0.2, -0.15) is 60.9 Å². The molecule has 8 rings (SSSR count). The number of thioether (sulfide) groups is 1. The summed E-state index contributed by atoms with van der Waals surface area (Å²) in [5, 5.41) is 46.1. The van der Waals surface area contributed by atoms with Crippen molar-refractivity contribution in [3.05, 3.63) is 70.6 Å². The molecule has 0 radical (unpaired) electrons. The zero-order valence-corrected chi connectivity index (χ0v) is 51.4. The van der Waals surface area contributed by atoms with E-state index < -0.39 is 133 Å². The number of nitriles is 1. The highest BCUT2D eigenvalue weighted by Crippen LogP contribution is 2.48. The van der Waals surface area contributed by atoms with Gasteiger partial charge < -0.3 is 19.3 Å². The van der Waals surface area contributed by atoms with Crippen LogP contribution in [0.2, 0.25) is 0 Å². The number of azo groups is 3. The van der Waals surface area contributed by atoms with Crippen molar-refractivity contribution in [2.75, 3.05) is 43.3 Å². The van der Waals surface area contributed by atoms with Gasteiger partial charge in [-0.1, -0.05) is 17.4 Å². The Morgan fingerprint density at radius 1 is 0.678 bits per heavy atom. The van der Waals surface area contributed by atoms with Crippen LogP contribution in [0.4, 0.5) is 33.6 Å². The monoisotopic (exact) mass is 1360 g/mol. The standard InChI is InChI=1S/C47H46N10O22S8/c1-24-17-31(52-55-40-25(2)28(23-48)45-49-29-9-4-5-10-34(29)57(45)46(40)58)36(78-11-6-14-82(59,60)61)20-30(24)51-54-33-21-35(77-3)32(22-37(33)80-13-8-16-84(65,66)67)53-56-47-50-41-38(85(68,69)70)18-26-27(43(41)81-47)19-39(86(71,72)73)44(87(74,75)76)42(26)79-12-7-15-83(62,63)64/h5,10,17-22,58H,4,6-9,11-16H2,1-3H3,(H,59,60,61)(H,62,63,64)(H,65,66,67)(H,68,69,70)(H,71,72,73)(H,74,75,76). The summed E-state index contributed by atoms with van der Waals surface area (Å²) in [6.07, 6.45) is 4.05. The van der Waals surface area contributed by atoms with Crippen molar-refractivity contribution in [2.45, 2.75) is 65.5 Å². The van der Waals surface area contributed by atoms with Crippen molar-refractivity contribution >= 4 is 150 Å². The number of pyridine rings is 1. The number of fused-ring (bicyclic) bond motifs is 6. The highest BCUT2D eigenvalue weighted by atomic mass is 32.2. The molecular formula is C47H46N10O22S8. The summed E-state index contributed by atoms with van der Waals surface area (Å²) in [6.45, 7) is 2.04. The van der Waals surface area contributed by atoms with Crippen LogP contribution in [0.5, 0.6) is 23.1 Å². The van der Waals surface area contributed by atoms with Gasteiger partial charge >= 0.3 is 0 Å². The number of imidazole rings is 1. The quantitative estimate of drug-likeness (QED) is 0.0121. The molecule has 40 heteroatoms. The molecule has 4 aromatic carbocycles. The van der Waals surface area contributed by atoms with Crippen LogP contribution in [-0.2, 0) is 67.1 Å².